The molecule has 62 valence electrons. The van der Waals surface area contributed by atoms with Crippen LogP contribution >= 0.6 is 22.6 Å². The Labute approximate surface area is 78.3 Å². The van der Waals surface area contributed by atoms with Gasteiger partial charge in [0.25, 0.3) is 0 Å². The fraction of sp³-hybridized carbons (Fsp3) is 1.00. The van der Waals surface area contributed by atoms with E-state index < -0.39 is 0 Å². The van der Waals surface area contributed by atoms with Gasteiger partial charge in [0.05, 0.1) is 4.05 Å². The van der Waals surface area contributed by atoms with E-state index in [9.17, 15) is 0 Å². The summed E-state index contributed by atoms with van der Waals surface area (Å²) in [6.45, 7) is 9.07. The molecule has 0 aromatic rings. The largest absolute Gasteiger partial charge is 0.292 e. The Balaban J connectivity index is 3.53. The molecule has 0 heterocycles. The molecule has 1 unspecified atom stereocenters. The molecule has 1 atom stereocenters. The maximum atomic E-state index is 2.53. The summed E-state index contributed by atoms with van der Waals surface area (Å²) in [6.07, 6.45) is 2.62. The number of rotatable bonds is 5. The topological polar surface area (TPSA) is 3.24 Å². The third-order valence-electron chi connectivity index (χ3n) is 1.74. The molecule has 0 aromatic carbocycles. The first-order valence-electron chi connectivity index (χ1n) is 4.14. The average Bonchev–Trinajstić information content (AvgIpc) is 1.91. The zero-order chi connectivity index (χ0) is 7.98. The van der Waals surface area contributed by atoms with Crippen LogP contribution in [0.1, 0.15) is 33.6 Å². The van der Waals surface area contributed by atoms with Crippen molar-refractivity contribution in [3.63, 3.8) is 0 Å². The van der Waals surface area contributed by atoms with Gasteiger partial charge in [-0.3, -0.25) is 4.90 Å². The van der Waals surface area contributed by atoms with E-state index in [1.807, 2.05) is 0 Å². The van der Waals surface area contributed by atoms with E-state index in [-0.39, 0.29) is 0 Å². The molecule has 0 amide bonds. The fourth-order valence-corrected chi connectivity index (χ4v) is 2.45. The van der Waals surface area contributed by atoms with E-state index in [2.05, 4.69) is 48.3 Å². The molecule has 0 aliphatic heterocycles. The van der Waals surface area contributed by atoms with Crippen LogP contribution in [0.3, 0.4) is 0 Å². The van der Waals surface area contributed by atoms with E-state index in [0.29, 0.717) is 0 Å². The first-order chi connectivity index (χ1) is 4.76. The fourth-order valence-electron chi connectivity index (χ4n) is 1.04. The first-order valence-corrected chi connectivity index (χ1v) is 5.38. The molecule has 10 heavy (non-hydrogen) atoms. The van der Waals surface area contributed by atoms with Crippen LogP contribution in [0.2, 0.25) is 0 Å². The van der Waals surface area contributed by atoms with E-state index in [0.717, 1.165) is 4.05 Å². The highest BCUT2D eigenvalue weighted by atomic mass is 127. The zero-order valence-corrected chi connectivity index (χ0v) is 9.39. The summed E-state index contributed by atoms with van der Waals surface area (Å²) in [5.74, 6) is 0. The quantitative estimate of drug-likeness (QED) is 0.415. The molecule has 0 fully saturated rings. The van der Waals surface area contributed by atoms with Crippen LogP contribution in [-0.4, -0.2) is 22.0 Å². The van der Waals surface area contributed by atoms with E-state index in [1.54, 1.807) is 0 Å². The summed E-state index contributed by atoms with van der Waals surface area (Å²) in [5, 5.41) is 0. The Morgan fingerprint density at radius 1 is 1.20 bits per heavy atom. The first kappa shape index (κ1) is 10.7. The minimum absolute atomic E-state index is 0.748. The Hall–Kier alpha value is 0.690. The lowest BCUT2D eigenvalue weighted by atomic mass is 10.3. The molecule has 0 rings (SSSR count). The van der Waals surface area contributed by atoms with Crippen molar-refractivity contribution in [3.8, 4) is 0 Å². The maximum Gasteiger partial charge on any atom is 0.0618 e. The Morgan fingerprint density at radius 3 is 2.00 bits per heavy atom. The monoisotopic (exact) mass is 255 g/mol. The molecule has 0 aromatic heterocycles. The zero-order valence-electron chi connectivity index (χ0n) is 7.23. The van der Waals surface area contributed by atoms with E-state index in [4.69, 9.17) is 0 Å². The highest BCUT2D eigenvalue weighted by molar-refractivity contribution is 14.1. The highest BCUT2D eigenvalue weighted by Crippen LogP contribution is 2.13. The van der Waals surface area contributed by atoms with Crippen LogP contribution in [0.5, 0.6) is 0 Å². The van der Waals surface area contributed by atoms with Crippen molar-refractivity contribution in [1.29, 1.82) is 0 Å². The average molecular weight is 255 g/mol. The minimum atomic E-state index is 0.748. The molecular weight excluding hydrogens is 237 g/mol. The minimum Gasteiger partial charge on any atom is -0.292 e. The summed E-state index contributed by atoms with van der Waals surface area (Å²) in [5.41, 5.74) is 0. The summed E-state index contributed by atoms with van der Waals surface area (Å²) < 4.78 is 0.748. The van der Waals surface area contributed by atoms with Crippen molar-refractivity contribution in [1.82, 2.24) is 4.90 Å². The third-order valence-corrected chi connectivity index (χ3v) is 3.15. The molecule has 0 saturated carbocycles. The van der Waals surface area contributed by atoms with Gasteiger partial charge in [-0.25, -0.2) is 0 Å². The molecule has 0 aliphatic carbocycles. The van der Waals surface area contributed by atoms with Gasteiger partial charge in [0.15, 0.2) is 0 Å². The molecule has 0 aliphatic rings. The van der Waals surface area contributed by atoms with Crippen molar-refractivity contribution >= 4 is 22.6 Å². The second-order valence-corrected chi connectivity index (χ2v) is 3.88. The summed E-state index contributed by atoms with van der Waals surface area (Å²) in [6, 6.07) is 0. The van der Waals surface area contributed by atoms with Gasteiger partial charge in [-0.05, 0) is 19.5 Å². The van der Waals surface area contributed by atoms with Crippen LogP contribution < -0.4 is 0 Å². The number of hydrogen-bond donors (Lipinski definition) is 0. The SMILES string of the molecule is CCCC(I)N(CC)CC. The summed E-state index contributed by atoms with van der Waals surface area (Å²) in [4.78, 5) is 2.49. The normalized spacial score (nSPS) is 14.1. The third kappa shape index (κ3) is 3.76. The van der Waals surface area contributed by atoms with Crippen molar-refractivity contribution in [2.75, 3.05) is 13.1 Å². The van der Waals surface area contributed by atoms with Crippen LogP contribution in [0.25, 0.3) is 0 Å². The van der Waals surface area contributed by atoms with Crippen molar-refractivity contribution in [3.05, 3.63) is 0 Å². The Bertz CT molecular complexity index is 71.7. The van der Waals surface area contributed by atoms with Crippen LogP contribution in [0.4, 0.5) is 0 Å². The van der Waals surface area contributed by atoms with E-state index >= 15 is 0 Å². The molecule has 0 spiro atoms. The molecular formula is C8H18IN. The van der Waals surface area contributed by atoms with Gasteiger partial charge in [0, 0.05) is 0 Å². The molecule has 2 heteroatoms. The number of nitrogens with zero attached hydrogens (tertiary/aromatic N) is 1. The lowest BCUT2D eigenvalue weighted by Gasteiger charge is -2.24. The summed E-state index contributed by atoms with van der Waals surface area (Å²) in [7, 11) is 0. The van der Waals surface area contributed by atoms with Gasteiger partial charge in [-0.2, -0.15) is 0 Å². The molecule has 0 radical (unpaired) electrons. The van der Waals surface area contributed by atoms with Gasteiger partial charge in [-0.1, -0.05) is 49.8 Å². The number of hydrogen-bond acceptors (Lipinski definition) is 1. The highest BCUT2D eigenvalue weighted by Gasteiger charge is 2.08. The van der Waals surface area contributed by atoms with Gasteiger partial charge >= 0.3 is 0 Å². The predicted octanol–water partition coefficient (Wildman–Crippen LogP) is 2.89. The Kier molecular flexibility index (Phi) is 6.85. The predicted molar refractivity (Wildman–Crippen MR) is 55.6 cm³/mol. The second kappa shape index (κ2) is 6.40. The van der Waals surface area contributed by atoms with Gasteiger partial charge in [0.2, 0.25) is 0 Å². The molecule has 0 saturated heterocycles. The standard InChI is InChI=1S/C8H18IN/c1-4-7-8(9)10(5-2)6-3/h8H,4-7H2,1-3H3. The van der Waals surface area contributed by atoms with Gasteiger partial charge < -0.3 is 0 Å². The Morgan fingerprint density at radius 2 is 1.70 bits per heavy atom. The van der Waals surface area contributed by atoms with Crippen molar-refractivity contribution in [2.24, 2.45) is 0 Å². The van der Waals surface area contributed by atoms with Crippen LogP contribution in [0.15, 0.2) is 0 Å². The van der Waals surface area contributed by atoms with Gasteiger partial charge in [0.1, 0.15) is 0 Å². The molecule has 0 bridgehead atoms. The molecule has 1 nitrogen and oxygen atoms in total. The van der Waals surface area contributed by atoms with Crippen LogP contribution in [0, 0.1) is 0 Å². The maximum absolute atomic E-state index is 2.53. The summed E-state index contributed by atoms with van der Waals surface area (Å²) >= 11 is 2.53. The second-order valence-electron chi connectivity index (χ2n) is 2.44. The van der Waals surface area contributed by atoms with Gasteiger partial charge in [-0.15, -0.1) is 0 Å². The number of halogens is 1. The lowest BCUT2D eigenvalue weighted by Crippen LogP contribution is -2.30. The smallest absolute Gasteiger partial charge is 0.0618 e. The molecule has 0 N–H and O–H groups in total. The van der Waals surface area contributed by atoms with Crippen molar-refractivity contribution in [2.45, 2.75) is 37.7 Å². The lowest BCUT2D eigenvalue weighted by molar-refractivity contribution is 0.285. The number of alkyl halides is 1. The van der Waals surface area contributed by atoms with Crippen LogP contribution in [-0.2, 0) is 0 Å². The van der Waals surface area contributed by atoms with E-state index in [1.165, 1.54) is 25.9 Å². The van der Waals surface area contributed by atoms with Crippen molar-refractivity contribution < 1.29 is 0 Å².